The summed E-state index contributed by atoms with van der Waals surface area (Å²) in [7, 11) is 0. The van der Waals surface area contributed by atoms with Crippen LogP contribution >= 0.6 is 0 Å². The molecule has 0 unspecified atom stereocenters. The van der Waals surface area contributed by atoms with Gasteiger partial charge in [0.2, 0.25) is 0 Å². The topological polar surface area (TPSA) is 35.5 Å². The molecule has 0 aromatic heterocycles. The summed E-state index contributed by atoms with van der Waals surface area (Å²) in [5.41, 5.74) is 5.56. The molecule has 0 amide bonds. The number of hydrogen-bond acceptors (Lipinski definition) is 3. The molecular weight excluding hydrogens is 260 g/mol. The van der Waals surface area contributed by atoms with Crippen molar-refractivity contribution in [2.45, 2.75) is 52.7 Å². The van der Waals surface area contributed by atoms with Crippen molar-refractivity contribution >= 4 is 0 Å². The number of piperidine rings is 1. The molecule has 3 nitrogen and oxygen atoms in total. The Bertz CT molecular complexity index is 451. The van der Waals surface area contributed by atoms with Crippen molar-refractivity contribution in [1.29, 1.82) is 0 Å². The number of aliphatic hydroxyl groups is 1. The molecule has 2 N–H and O–H groups in total. The summed E-state index contributed by atoms with van der Waals surface area (Å²) in [4.78, 5) is 2.47. The Kier molecular flexibility index (Phi) is 6.22. The first kappa shape index (κ1) is 16.5. The van der Waals surface area contributed by atoms with Gasteiger partial charge in [-0.25, -0.2) is 0 Å². The van der Waals surface area contributed by atoms with Gasteiger partial charge in [0.1, 0.15) is 0 Å². The van der Waals surface area contributed by atoms with Crippen LogP contribution in [-0.4, -0.2) is 42.3 Å². The minimum absolute atomic E-state index is 0.0628. The van der Waals surface area contributed by atoms with Crippen molar-refractivity contribution in [2.24, 2.45) is 0 Å². The molecule has 1 saturated heterocycles. The molecule has 118 valence electrons. The number of aliphatic hydroxyl groups excluding tert-OH is 1. The highest BCUT2D eigenvalue weighted by Gasteiger charge is 2.15. The number of rotatable bonds is 6. The number of likely N-dealkylation sites (tertiary alicyclic amines) is 1. The zero-order chi connectivity index (χ0) is 15.2. The van der Waals surface area contributed by atoms with Crippen LogP contribution in [0.15, 0.2) is 12.1 Å². The molecular formula is C18H30N2O. The van der Waals surface area contributed by atoms with E-state index in [9.17, 15) is 5.11 Å². The van der Waals surface area contributed by atoms with Crippen molar-refractivity contribution in [3.8, 4) is 0 Å². The van der Waals surface area contributed by atoms with Crippen LogP contribution in [0.4, 0.5) is 0 Å². The van der Waals surface area contributed by atoms with Crippen molar-refractivity contribution in [3.05, 3.63) is 34.4 Å². The number of aryl methyl sites for hydroxylation is 3. The second-order valence-corrected chi connectivity index (χ2v) is 6.47. The highest BCUT2D eigenvalue weighted by molar-refractivity contribution is 5.36. The van der Waals surface area contributed by atoms with Gasteiger partial charge in [-0.15, -0.1) is 0 Å². The minimum atomic E-state index is -0.0628. The molecule has 0 spiro atoms. The minimum Gasteiger partial charge on any atom is -0.393 e. The lowest BCUT2D eigenvalue weighted by Gasteiger charge is -2.29. The second kappa shape index (κ2) is 7.92. The Hall–Kier alpha value is -0.900. The third-order valence-corrected chi connectivity index (χ3v) is 4.65. The Labute approximate surface area is 129 Å². The lowest BCUT2D eigenvalue weighted by atomic mass is 10.0. The van der Waals surface area contributed by atoms with E-state index in [1.165, 1.54) is 28.7 Å². The first-order chi connectivity index (χ1) is 10.1. The van der Waals surface area contributed by atoms with Gasteiger partial charge in [0.05, 0.1) is 6.10 Å². The lowest BCUT2D eigenvalue weighted by Crippen LogP contribution is -2.37. The zero-order valence-electron chi connectivity index (χ0n) is 13.8. The van der Waals surface area contributed by atoms with Crippen molar-refractivity contribution in [2.75, 3.05) is 26.2 Å². The van der Waals surface area contributed by atoms with Crippen molar-refractivity contribution in [1.82, 2.24) is 10.2 Å². The molecule has 1 heterocycles. The number of nitrogens with zero attached hydrogens (tertiary/aromatic N) is 1. The van der Waals surface area contributed by atoms with Crippen LogP contribution in [-0.2, 0) is 6.54 Å². The Morgan fingerprint density at radius 2 is 1.76 bits per heavy atom. The fourth-order valence-corrected chi connectivity index (χ4v) is 3.00. The summed E-state index contributed by atoms with van der Waals surface area (Å²) < 4.78 is 0. The smallest absolute Gasteiger partial charge is 0.0564 e. The van der Waals surface area contributed by atoms with Crippen LogP contribution in [0.3, 0.4) is 0 Å². The molecule has 21 heavy (non-hydrogen) atoms. The van der Waals surface area contributed by atoms with E-state index in [1.54, 1.807) is 0 Å². The standard InChI is InChI=1S/C18H30N2O/c1-14-11-16(3)17(12-15(14)2)13-19-7-4-8-20-9-5-18(21)6-10-20/h11-12,18-19,21H,4-10,13H2,1-3H3. The van der Waals surface area contributed by atoms with Gasteiger partial charge in [-0.3, -0.25) is 0 Å². The average molecular weight is 290 g/mol. The average Bonchev–Trinajstić information content (AvgIpc) is 2.46. The summed E-state index contributed by atoms with van der Waals surface area (Å²) in [6.45, 7) is 11.8. The molecule has 1 aliphatic heterocycles. The van der Waals surface area contributed by atoms with Crippen LogP contribution < -0.4 is 5.32 Å². The molecule has 0 saturated carbocycles. The van der Waals surface area contributed by atoms with Gasteiger partial charge in [-0.2, -0.15) is 0 Å². The van der Waals surface area contributed by atoms with Crippen LogP contribution in [0.5, 0.6) is 0 Å². The highest BCUT2D eigenvalue weighted by Crippen LogP contribution is 2.15. The predicted molar refractivity (Wildman–Crippen MR) is 88.7 cm³/mol. The maximum absolute atomic E-state index is 9.49. The largest absolute Gasteiger partial charge is 0.393 e. The van der Waals surface area contributed by atoms with E-state index >= 15 is 0 Å². The SMILES string of the molecule is Cc1cc(C)c(CNCCCN2CCC(O)CC2)cc1C. The van der Waals surface area contributed by atoms with Gasteiger partial charge in [0.25, 0.3) is 0 Å². The van der Waals surface area contributed by atoms with E-state index in [4.69, 9.17) is 0 Å². The molecule has 0 bridgehead atoms. The molecule has 1 fully saturated rings. The normalized spacial score (nSPS) is 17.3. The second-order valence-electron chi connectivity index (χ2n) is 6.47. The molecule has 0 radical (unpaired) electrons. The van der Waals surface area contributed by atoms with Crippen molar-refractivity contribution < 1.29 is 5.11 Å². The van der Waals surface area contributed by atoms with E-state index in [1.807, 2.05) is 0 Å². The maximum atomic E-state index is 9.49. The summed E-state index contributed by atoms with van der Waals surface area (Å²) in [6.07, 6.45) is 3.00. The number of nitrogens with one attached hydrogen (secondary N) is 1. The van der Waals surface area contributed by atoms with Crippen LogP contribution in [0.1, 0.15) is 41.5 Å². The number of benzene rings is 1. The van der Waals surface area contributed by atoms with Gasteiger partial charge in [-0.1, -0.05) is 12.1 Å². The first-order valence-corrected chi connectivity index (χ1v) is 8.24. The van der Waals surface area contributed by atoms with E-state index in [2.05, 4.69) is 43.1 Å². The van der Waals surface area contributed by atoms with Gasteiger partial charge in [-0.05, 0) is 75.4 Å². The third kappa shape index (κ3) is 5.10. The van der Waals surface area contributed by atoms with Gasteiger partial charge >= 0.3 is 0 Å². The van der Waals surface area contributed by atoms with E-state index in [0.29, 0.717) is 0 Å². The Morgan fingerprint density at radius 3 is 2.48 bits per heavy atom. The molecule has 0 aliphatic carbocycles. The summed E-state index contributed by atoms with van der Waals surface area (Å²) in [6, 6.07) is 4.59. The van der Waals surface area contributed by atoms with Gasteiger partial charge in [0.15, 0.2) is 0 Å². The Balaban J connectivity index is 1.65. The lowest BCUT2D eigenvalue weighted by molar-refractivity contribution is 0.0821. The Morgan fingerprint density at radius 1 is 1.10 bits per heavy atom. The summed E-state index contributed by atoms with van der Waals surface area (Å²) in [5, 5.41) is 13.1. The van der Waals surface area contributed by atoms with Crippen molar-refractivity contribution in [3.63, 3.8) is 0 Å². The van der Waals surface area contributed by atoms with Crippen LogP contribution in [0.2, 0.25) is 0 Å². The van der Waals surface area contributed by atoms with Crippen LogP contribution in [0, 0.1) is 20.8 Å². The third-order valence-electron chi connectivity index (χ3n) is 4.65. The first-order valence-electron chi connectivity index (χ1n) is 8.24. The summed E-state index contributed by atoms with van der Waals surface area (Å²) in [5.74, 6) is 0. The fraction of sp³-hybridized carbons (Fsp3) is 0.667. The van der Waals surface area contributed by atoms with E-state index < -0.39 is 0 Å². The zero-order valence-corrected chi connectivity index (χ0v) is 13.8. The molecule has 1 aliphatic rings. The van der Waals surface area contributed by atoms with E-state index in [0.717, 1.165) is 45.6 Å². The maximum Gasteiger partial charge on any atom is 0.0564 e. The summed E-state index contributed by atoms with van der Waals surface area (Å²) >= 11 is 0. The number of hydrogen-bond donors (Lipinski definition) is 2. The molecule has 0 atom stereocenters. The molecule has 2 rings (SSSR count). The fourth-order valence-electron chi connectivity index (χ4n) is 3.00. The van der Waals surface area contributed by atoms with Gasteiger partial charge < -0.3 is 15.3 Å². The molecule has 3 heteroatoms. The molecule has 1 aromatic rings. The molecule has 1 aromatic carbocycles. The predicted octanol–water partition coefficient (Wildman–Crippen LogP) is 2.55. The van der Waals surface area contributed by atoms with E-state index in [-0.39, 0.29) is 6.10 Å². The van der Waals surface area contributed by atoms with Crippen LogP contribution in [0.25, 0.3) is 0 Å². The van der Waals surface area contributed by atoms with Gasteiger partial charge in [0, 0.05) is 19.6 Å². The quantitative estimate of drug-likeness (QED) is 0.790. The monoisotopic (exact) mass is 290 g/mol. The highest BCUT2D eigenvalue weighted by atomic mass is 16.3.